The second-order valence-corrected chi connectivity index (χ2v) is 8.72. The third-order valence-electron chi connectivity index (χ3n) is 6.22. The molecule has 160 valence electrons. The maximum atomic E-state index is 12.7. The first-order chi connectivity index (χ1) is 14.2. The van der Waals surface area contributed by atoms with Gasteiger partial charge in [-0.05, 0) is 42.9 Å². The zero-order valence-corrected chi connectivity index (χ0v) is 18.3. The van der Waals surface area contributed by atoms with Gasteiger partial charge in [-0.3, -0.25) is 4.79 Å². The molecule has 1 fully saturated rings. The number of para-hydroxylation sites is 1. The highest BCUT2D eigenvalue weighted by molar-refractivity contribution is 5.88. The number of carbonyl (C=O) groups excluding carboxylic acids is 2. The van der Waals surface area contributed by atoms with Crippen LogP contribution in [0.4, 0.5) is 0 Å². The van der Waals surface area contributed by atoms with Gasteiger partial charge in [0, 0.05) is 5.92 Å². The van der Waals surface area contributed by atoms with Crippen LogP contribution in [0.25, 0.3) is 0 Å². The first kappa shape index (κ1) is 21.9. The van der Waals surface area contributed by atoms with E-state index in [-0.39, 0.29) is 17.2 Å². The Bertz CT molecular complexity index is 865. The number of nitrogens with one attached hydrogen (secondary N) is 1. The van der Waals surface area contributed by atoms with Crippen molar-refractivity contribution in [2.24, 2.45) is 17.3 Å². The summed E-state index contributed by atoms with van der Waals surface area (Å²) in [4.78, 5) is 25.2. The van der Waals surface area contributed by atoms with E-state index in [1.54, 1.807) is 13.8 Å². The molecular formula is C25H31NO4. The number of hydrogen-bond acceptors (Lipinski definition) is 4. The molecule has 2 unspecified atom stereocenters. The molecule has 1 aliphatic carbocycles. The molecule has 0 bridgehead atoms. The maximum Gasteiger partial charge on any atom is 0.328 e. The van der Waals surface area contributed by atoms with E-state index in [0.29, 0.717) is 11.7 Å². The molecule has 1 aliphatic rings. The highest BCUT2D eigenvalue weighted by Gasteiger charge is 2.58. The number of hydrogen-bond donors (Lipinski definition) is 1. The minimum absolute atomic E-state index is 0.0249. The van der Waals surface area contributed by atoms with Gasteiger partial charge in [0.2, 0.25) is 5.91 Å². The fourth-order valence-corrected chi connectivity index (χ4v) is 3.89. The number of esters is 1. The van der Waals surface area contributed by atoms with Crippen molar-refractivity contribution in [3.05, 3.63) is 66.2 Å². The molecule has 1 saturated carbocycles. The summed E-state index contributed by atoms with van der Waals surface area (Å²) in [5, 5.41) is 2.81. The van der Waals surface area contributed by atoms with Crippen LogP contribution in [0.1, 0.15) is 46.3 Å². The van der Waals surface area contributed by atoms with Gasteiger partial charge in [0.25, 0.3) is 0 Å². The molecule has 5 atom stereocenters. The Kier molecular flexibility index (Phi) is 6.49. The first-order valence-corrected chi connectivity index (χ1v) is 10.5. The maximum absolute atomic E-state index is 12.7. The van der Waals surface area contributed by atoms with E-state index in [9.17, 15) is 9.59 Å². The standard InChI is InChI=1S/C25H31NO4/c1-16-21(25(16,4)5)23(27)26-17(2)24(28)29-18(3)22(19-12-8-6-9-13-19)30-20-14-10-7-11-15-20/h6-18,21-22H,1-5H3,(H,26,27)/t16?,17-,18+,21?,22+/m0/s1. The van der Waals surface area contributed by atoms with Crippen LogP contribution < -0.4 is 10.1 Å². The summed E-state index contributed by atoms with van der Waals surface area (Å²) in [6, 6.07) is 18.4. The van der Waals surface area contributed by atoms with E-state index in [1.807, 2.05) is 60.7 Å². The van der Waals surface area contributed by atoms with Gasteiger partial charge in [-0.25, -0.2) is 4.79 Å². The molecule has 5 heteroatoms. The number of benzene rings is 2. The topological polar surface area (TPSA) is 64.6 Å². The third-order valence-corrected chi connectivity index (χ3v) is 6.22. The molecule has 1 N–H and O–H groups in total. The largest absolute Gasteiger partial charge is 0.482 e. The lowest BCUT2D eigenvalue weighted by Gasteiger charge is -2.27. The van der Waals surface area contributed by atoms with Crippen molar-refractivity contribution < 1.29 is 19.1 Å². The summed E-state index contributed by atoms with van der Waals surface area (Å²) in [7, 11) is 0. The summed E-state index contributed by atoms with van der Waals surface area (Å²) < 4.78 is 11.9. The molecular weight excluding hydrogens is 378 g/mol. The smallest absolute Gasteiger partial charge is 0.328 e. The van der Waals surface area contributed by atoms with Crippen molar-refractivity contribution >= 4 is 11.9 Å². The second kappa shape index (κ2) is 8.90. The molecule has 30 heavy (non-hydrogen) atoms. The van der Waals surface area contributed by atoms with Gasteiger partial charge in [0.1, 0.15) is 17.9 Å². The number of carbonyl (C=O) groups is 2. The quantitative estimate of drug-likeness (QED) is 0.651. The highest BCUT2D eigenvalue weighted by atomic mass is 16.6. The van der Waals surface area contributed by atoms with Gasteiger partial charge in [0.15, 0.2) is 6.10 Å². The van der Waals surface area contributed by atoms with Crippen LogP contribution in [0.3, 0.4) is 0 Å². The van der Waals surface area contributed by atoms with E-state index in [1.165, 1.54) is 0 Å². The van der Waals surface area contributed by atoms with Crippen LogP contribution in [0.2, 0.25) is 0 Å². The Hall–Kier alpha value is -2.82. The Labute approximate surface area is 178 Å². The van der Waals surface area contributed by atoms with Crippen molar-refractivity contribution in [2.45, 2.75) is 52.9 Å². The van der Waals surface area contributed by atoms with E-state index in [4.69, 9.17) is 9.47 Å². The normalized spacial score (nSPS) is 22.3. The Morgan fingerprint density at radius 1 is 0.967 bits per heavy atom. The van der Waals surface area contributed by atoms with E-state index in [2.05, 4.69) is 26.1 Å². The van der Waals surface area contributed by atoms with Crippen molar-refractivity contribution in [1.29, 1.82) is 0 Å². The van der Waals surface area contributed by atoms with Crippen LogP contribution >= 0.6 is 0 Å². The number of ether oxygens (including phenoxy) is 2. The average Bonchev–Trinajstić information content (AvgIpc) is 3.24. The molecule has 0 heterocycles. The minimum atomic E-state index is -0.725. The molecule has 0 spiro atoms. The van der Waals surface area contributed by atoms with Gasteiger partial charge >= 0.3 is 5.97 Å². The molecule has 0 radical (unpaired) electrons. The summed E-state index contributed by atoms with van der Waals surface area (Å²) in [5.41, 5.74) is 0.884. The lowest BCUT2D eigenvalue weighted by molar-refractivity contribution is -0.156. The van der Waals surface area contributed by atoms with E-state index in [0.717, 1.165) is 5.56 Å². The molecule has 0 aliphatic heterocycles. The van der Waals surface area contributed by atoms with Gasteiger partial charge < -0.3 is 14.8 Å². The highest BCUT2D eigenvalue weighted by Crippen LogP contribution is 2.57. The van der Waals surface area contributed by atoms with E-state index < -0.39 is 24.2 Å². The van der Waals surface area contributed by atoms with Crippen LogP contribution in [0.5, 0.6) is 5.75 Å². The summed E-state index contributed by atoms with van der Waals surface area (Å²) in [5.74, 6) is 0.370. The lowest BCUT2D eigenvalue weighted by Crippen LogP contribution is -2.42. The fourth-order valence-electron chi connectivity index (χ4n) is 3.89. The molecule has 2 aromatic carbocycles. The Balaban J connectivity index is 1.65. The van der Waals surface area contributed by atoms with Gasteiger partial charge in [-0.15, -0.1) is 0 Å². The van der Waals surface area contributed by atoms with Gasteiger partial charge in [0.05, 0.1) is 0 Å². The summed E-state index contributed by atoms with van der Waals surface area (Å²) in [6.07, 6.45) is -1.02. The molecule has 2 aromatic rings. The third kappa shape index (κ3) is 4.84. The van der Waals surface area contributed by atoms with Crippen molar-refractivity contribution in [3.8, 4) is 5.75 Å². The van der Waals surface area contributed by atoms with Crippen molar-refractivity contribution in [3.63, 3.8) is 0 Å². The van der Waals surface area contributed by atoms with Crippen LogP contribution in [-0.2, 0) is 14.3 Å². The van der Waals surface area contributed by atoms with Crippen LogP contribution in [0, 0.1) is 17.3 Å². The molecule has 1 amide bonds. The van der Waals surface area contributed by atoms with Gasteiger partial charge in [-0.2, -0.15) is 0 Å². The summed E-state index contributed by atoms with van der Waals surface area (Å²) in [6.45, 7) is 9.65. The SMILES string of the molecule is CC1C(C(=O)N[C@@H](C)C(=O)O[C@H](C)[C@@H](Oc2ccccc2)c2ccccc2)C1(C)C. The van der Waals surface area contributed by atoms with Crippen molar-refractivity contribution in [1.82, 2.24) is 5.32 Å². The lowest BCUT2D eigenvalue weighted by atomic mass is 10.0. The fraction of sp³-hybridized carbons (Fsp3) is 0.440. The second-order valence-electron chi connectivity index (χ2n) is 8.72. The predicted octanol–water partition coefficient (Wildman–Crippen LogP) is 4.54. The minimum Gasteiger partial charge on any atom is -0.482 e. The van der Waals surface area contributed by atoms with Crippen LogP contribution in [0.15, 0.2) is 60.7 Å². The number of rotatable bonds is 8. The Morgan fingerprint density at radius 3 is 2.03 bits per heavy atom. The van der Waals surface area contributed by atoms with Crippen LogP contribution in [-0.4, -0.2) is 24.0 Å². The summed E-state index contributed by atoms with van der Waals surface area (Å²) >= 11 is 0. The van der Waals surface area contributed by atoms with Gasteiger partial charge in [-0.1, -0.05) is 69.3 Å². The Morgan fingerprint density at radius 2 is 1.50 bits per heavy atom. The zero-order valence-electron chi connectivity index (χ0n) is 18.3. The molecule has 0 saturated heterocycles. The monoisotopic (exact) mass is 409 g/mol. The predicted molar refractivity (Wildman–Crippen MR) is 116 cm³/mol. The van der Waals surface area contributed by atoms with E-state index >= 15 is 0 Å². The molecule has 3 rings (SSSR count). The average molecular weight is 410 g/mol. The zero-order chi connectivity index (χ0) is 21.9. The molecule has 5 nitrogen and oxygen atoms in total. The first-order valence-electron chi connectivity index (χ1n) is 10.5. The van der Waals surface area contributed by atoms with Crippen molar-refractivity contribution in [2.75, 3.05) is 0 Å². The molecule has 0 aromatic heterocycles. The number of amides is 1.